The first-order valence-electron chi connectivity index (χ1n) is 12.2. The number of benzene rings is 1. The van der Waals surface area contributed by atoms with Crippen molar-refractivity contribution in [2.24, 2.45) is 0 Å². The number of anilines is 1. The highest BCUT2D eigenvalue weighted by atomic mass is 35.5. The van der Waals surface area contributed by atoms with E-state index in [4.69, 9.17) is 42.4 Å². The standard InChI is InChI=1S/C27H28Cl2N6O3/c1-14-25(24-15(2)34-38-16(24)3)32-26(21-8-20(5-6-22(21)29)37-13-19(36)10-30-4)33-27(14)35-11-17-7-18(28)9-31-23(17)12-35/h5-9,19,30,36H,10-13H2,1-4H3/t19-/m0/s1. The lowest BCUT2D eigenvalue weighted by Gasteiger charge is -2.22. The van der Waals surface area contributed by atoms with Crippen LogP contribution in [0, 0.1) is 20.8 Å². The maximum Gasteiger partial charge on any atom is 0.163 e. The van der Waals surface area contributed by atoms with Crippen molar-refractivity contribution in [2.45, 2.75) is 40.0 Å². The second-order valence-electron chi connectivity index (χ2n) is 9.32. The van der Waals surface area contributed by atoms with Crippen LogP contribution in [0.15, 0.2) is 35.0 Å². The van der Waals surface area contributed by atoms with Gasteiger partial charge in [-0.3, -0.25) is 4.98 Å². The Labute approximate surface area is 230 Å². The summed E-state index contributed by atoms with van der Waals surface area (Å²) in [5.74, 6) is 2.41. The topological polar surface area (TPSA) is 109 Å². The molecule has 38 heavy (non-hydrogen) atoms. The van der Waals surface area contributed by atoms with Crippen LogP contribution in [0.25, 0.3) is 22.6 Å². The van der Waals surface area contributed by atoms with Gasteiger partial charge in [0.2, 0.25) is 0 Å². The van der Waals surface area contributed by atoms with Gasteiger partial charge in [-0.1, -0.05) is 28.4 Å². The molecule has 2 N–H and O–H groups in total. The number of ether oxygens (including phenoxy) is 1. The maximum absolute atomic E-state index is 10.1. The normalized spacial score (nSPS) is 13.6. The average molecular weight is 555 g/mol. The molecule has 0 unspecified atom stereocenters. The number of aryl methyl sites for hydroxylation is 2. The Morgan fingerprint density at radius 1 is 1.16 bits per heavy atom. The summed E-state index contributed by atoms with van der Waals surface area (Å²) in [4.78, 5) is 16.6. The lowest BCUT2D eigenvalue weighted by molar-refractivity contribution is 0.108. The first-order chi connectivity index (χ1) is 18.2. The molecule has 3 aromatic heterocycles. The first kappa shape index (κ1) is 26.4. The second kappa shape index (κ2) is 10.9. The summed E-state index contributed by atoms with van der Waals surface area (Å²) in [6, 6.07) is 7.23. The van der Waals surface area contributed by atoms with Gasteiger partial charge in [-0.2, -0.15) is 0 Å². The van der Waals surface area contributed by atoms with Crippen molar-refractivity contribution >= 4 is 29.0 Å². The molecule has 0 saturated heterocycles. The van der Waals surface area contributed by atoms with E-state index in [9.17, 15) is 5.11 Å². The minimum Gasteiger partial charge on any atom is -0.491 e. The minimum absolute atomic E-state index is 0.133. The van der Waals surface area contributed by atoms with Crippen molar-refractivity contribution in [3.63, 3.8) is 0 Å². The van der Waals surface area contributed by atoms with Crippen molar-refractivity contribution in [1.82, 2.24) is 25.4 Å². The zero-order chi connectivity index (χ0) is 27.0. The molecule has 5 rings (SSSR count). The van der Waals surface area contributed by atoms with Gasteiger partial charge < -0.3 is 24.6 Å². The van der Waals surface area contributed by atoms with Crippen LogP contribution in [0.2, 0.25) is 10.0 Å². The zero-order valence-electron chi connectivity index (χ0n) is 21.5. The molecule has 0 radical (unpaired) electrons. The van der Waals surface area contributed by atoms with Gasteiger partial charge in [-0.15, -0.1) is 0 Å². The van der Waals surface area contributed by atoms with Crippen LogP contribution in [0.4, 0.5) is 5.82 Å². The van der Waals surface area contributed by atoms with Crippen LogP contribution in [-0.2, 0) is 13.1 Å². The van der Waals surface area contributed by atoms with Gasteiger partial charge in [-0.25, -0.2) is 9.97 Å². The molecule has 0 bridgehead atoms. The number of nitrogens with zero attached hydrogens (tertiary/aromatic N) is 5. The van der Waals surface area contributed by atoms with Crippen molar-refractivity contribution in [2.75, 3.05) is 25.1 Å². The lowest BCUT2D eigenvalue weighted by atomic mass is 10.0. The number of halogens is 2. The van der Waals surface area contributed by atoms with Crippen LogP contribution in [0.3, 0.4) is 0 Å². The molecule has 198 valence electrons. The number of likely N-dealkylation sites (N-methyl/N-ethyl adjacent to an activating group) is 1. The van der Waals surface area contributed by atoms with E-state index in [-0.39, 0.29) is 6.61 Å². The third kappa shape index (κ3) is 5.19. The fourth-order valence-electron chi connectivity index (χ4n) is 4.63. The summed E-state index contributed by atoms with van der Waals surface area (Å²) in [5.41, 5.74) is 5.80. The van der Waals surface area contributed by atoms with Crippen molar-refractivity contribution in [3.8, 4) is 28.4 Å². The molecule has 1 aromatic carbocycles. The molecular weight excluding hydrogens is 527 g/mol. The van der Waals surface area contributed by atoms with E-state index in [0.29, 0.717) is 52.6 Å². The molecule has 0 fully saturated rings. The van der Waals surface area contributed by atoms with Gasteiger partial charge in [0, 0.05) is 30.4 Å². The third-order valence-electron chi connectivity index (χ3n) is 6.48. The zero-order valence-corrected chi connectivity index (χ0v) is 23.1. The average Bonchev–Trinajstić information content (AvgIpc) is 3.46. The number of hydrogen-bond donors (Lipinski definition) is 2. The number of fused-ring (bicyclic) bond motifs is 1. The molecular formula is C27H28Cl2N6O3. The number of aliphatic hydroxyl groups excluding tert-OH is 1. The summed E-state index contributed by atoms with van der Waals surface area (Å²) in [6.07, 6.45) is 1.02. The van der Waals surface area contributed by atoms with E-state index in [1.165, 1.54) is 0 Å². The van der Waals surface area contributed by atoms with Crippen LogP contribution >= 0.6 is 23.2 Å². The lowest BCUT2D eigenvalue weighted by Crippen LogP contribution is -2.29. The third-order valence-corrected chi connectivity index (χ3v) is 7.02. The van der Waals surface area contributed by atoms with Crippen LogP contribution in [0.1, 0.15) is 28.3 Å². The highest BCUT2D eigenvalue weighted by Crippen LogP contribution is 2.39. The number of hydrogen-bond acceptors (Lipinski definition) is 9. The second-order valence-corrected chi connectivity index (χ2v) is 10.2. The molecule has 0 saturated carbocycles. The molecule has 0 spiro atoms. The largest absolute Gasteiger partial charge is 0.491 e. The molecule has 1 aliphatic rings. The van der Waals surface area contributed by atoms with Crippen LogP contribution in [-0.4, -0.2) is 51.5 Å². The van der Waals surface area contributed by atoms with E-state index >= 15 is 0 Å². The minimum atomic E-state index is -0.647. The summed E-state index contributed by atoms with van der Waals surface area (Å²) in [7, 11) is 1.77. The number of pyridine rings is 1. The monoisotopic (exact) mass is 554 g/mol. The first-order valence-corrected chi connectivity index (χ1v) is 13.0. The molecule has 1 atom stereocenters. The Kier molecular flexibility index (Phi) is 7.54. The van der Waals surface area contributed by atoms with Gasteiger partial charge in [0.15, 0.2) is 5.82 Å². The summed E-state index contributed by atoms with van der Waals surface area (Å²) >= 11 is 12.9. The Balaban J connectivity index is 1.60. The van der Waals surface area contributed by atoms with E-state index in [1.54, 1.807) is 31.4 Å². The molecule has 1 aliphatic heterocycles. The maximum atomic E-state index is 10.1. The van der Waals surface area contributed by atoms with Gasteiger partial charge in [0.25, 0.3) is 0 Å². The number of aromatic nitrogens is 4. The van der Waals surface area contributed by atoms with E-state index in [0.717, 1.165) is 39.6 Å². The summed E-state index contributed by atoms with van der Waals surface area (Å²) in [5, 5.41) is 18.2. The Bertz CT molecular complexity index is 1470. The van der Waals surface area contributed by atoms with Gasteiger partial charge in [-0.05, 0) is 57.6 Å². The quantitative estimate of drug-likeness (QED) is 0.314. The number of nitrogens with one attached hydrogen (secondary N) is 1. The molecule has 9 nitrogen and oxygen atoms in total. The van der Waals surface area contributed by atoms with Crippen LogP contribution < -0.4 is 15.0 Å². The summed E-state index contributed by atoms with van der Waals surface area (Å²) < 4.78 is 11.3. The Morgan fingerprint density at radius 3 is 2.71 bits per heavy atom. The predicted octanol–water partition coefficient (Wildman–Crippen LogP) is 4.90. The molecule has 0 aliphatic carbocycles. The van der Waals surface area contributed by atoms with Gasteiger partial charge in [0.05, 0.1) is 39.2 Å². The van der Waals surface area contributed by atoms with Crippen molar-refractivity contribution in [3.05, 3.63) is 68.8 Å². The summed E-state index contributed by atoms with van der Waals surface area (Å²) in [6.45, 7) is 7.51. The Morgan fingerprint density at radius 2 is 1.97 bits per heavy atom. The highest BCUT2D eigenvalue weighted by molar-refractivity contribution is 6.33. The van der Waals surface area contributed by atoms with Gasteiger partial charge >= 0.3 is 0 Å². The highest BCUT2D eigenvalue weighted by Gasteiger charge is 2.28. The fraction of sp³-hybridized carbons (Fsp3) is 0.333. The van der Waals surface area contributed by atoms with Gasteiger partial charge in [0.1, 0.15) is 30.0 Å². The molecule has 4 aromatic rings. The SMILES string of the molecule is CNC[C@H](O)COc1ccc(Cl)c(-c2nc(-c3c(C)noc3C)c(C)c(N3Cc4cc(Cl)cnc4C3)n2)c1. The van der Waals surface area contributed by atoms with Crippen molar-refractivity contribution < 1.29 is 14.4 Å². The van der Waals surface area contributed by atoms with Crippen molar-refractivity contribution in [1.29, 1.82) is 0 Å². The van der Waals surface area contributed by atoms with E-state index < -0.39 is 6.10 Å². The smallest absolute Gasteiger partial charge is 0.163 e. The molecule has 0 amide bonds. The molecule has 4 heterocycles. The molecule has 11 heteroatoms. The number of rotatable bonds is 8. The van der Waals surface area contributed by atoms with Crippen LogP contribution in [0.5, 0.6) is 5.75 Å². The fourth-order valence-corrected chi connectivity index (χ4v) is 5.01. The van der Waals surface area contributed by atoms with E-state index in [2.05, 4.69) is 20.4 Å². The number of aliphatic hydroxyl groups is 1. The van der Waals surface area contributed by atoms with E-state index in [1.807, 2.05) is 26.8 Å². The predicted molar refractivity (Wildman–Crippen MR) is 147 cm³/mol. The Hall–Kier alpha value is -3.24.